The fraction of sp³-hybridized carbons (Fsp3) is 0.429. The molecule has 2 aromatic heterocycles. The van der Waals surface area contributed by atoms with Crippen molar-refractivity contribution in [2.75, 3.05) is 56.2 Å². The average Bonchev–Trinajstić information content (AvgIpc) is 3.68. The van der Waals surface area contributed by atoms with Crippen LogP contribution in [0.2, 0.25) is 0 Å². The number of benzene rings is 2. The van der Waals surface area contributed by atoms with Crippen LogP contribution >= 0.6 is 12.4 Å². The summed E-state index contributed by atoms with van der Waals surface area (Å²) in [4.78, 5) is 35.9. The number of nitrogens with one attached hydrogen (secondary N) is 2. The number of primary amides is 1. The van der Waals surface area contributed by atoms with Crippen molar-refractivity contribution >= 4 is 35.7 Å². The summed E-state index contributed by atoms with van der Waals surface area (Å²) in [6.45, 7) is 5.89. The topological polar surface area (TPSA) is 181 Å². The molecule has 6 rings (SSSR count). The third kappa shape index (κ3) is 9.18. The van der Waals surface area contributed by atoms with Crippen LogP contribution in [0, 0.1) is 11.8 Å². The maximum atomic E-state index is 14.2. The number of aromatic nitrogens is 5. The summed E-state index contributed by atoms with van der Waals surface area (Å²) in [5.41, 5.74) is 16.2. The van der Waals surface area contributed by atoms with E-state index in [-0.39, 0.29) is 30.7 Å². The number of halogens is 1. The minimum atomic E-state index is -0.879. The van der Waals surface area contributed by atoms with Gasteiger partial charge in [0.2, 0.25) is 17.6 Å². The smallest absolute Gasteiger partial charge is 0.240 e. The first-order valence-electron chi connectivity index (χ1n) is 16.7. The zero-order chi connectivity index (χ0) is 33.3. The van der Waals surface area contributed by atoms with Gasteiger partial charge >= 0.3 is 0 Å². The highest BCUT2D eigenvalue weighted by atomic mass is 35.5. The van der Waals surface area contributed by atoms with Crippen molar-refractivity contribution in [2.24, 2.45) is 23.3 Å². The van der Waals surface area contributed by atoms with E-state index in [9.17, 15) is 9.59 Å². The highest BCUT2D eigenvalue weighted by Gasteiger charge is 2.36. The molecule has 14 heteroatoms. The monoisotopic (exact) mass is 688 g/mol. The van der Waals surface area contributed by atoms with Gasteiger partial charge in [0.15, 0.2) is 0 Å². The van der Waals surface area contributed by atoms with Gasteiger partial charge in [0, 0.05) is 61.5 Å². The number of amides is 2. The van der Waals surface area contributed by atoms with Gasteiger partial charge < -0.3 is 21.5 Å². The van der Waals surface area contributed by atoms with Gasteiger partial charge in [0.25, 0.3) is 0 Å². The molecule has 13 nitrogen and oxygen atoms in total. The van der Waals surface area contributed by atoms with Crippen LogP contribution < -0.4 is 21.7 Å². The van der Waals surface area contributed by atoms with Crippen molar-refractivity contribution in [1.82, 2.24) is 30.5 Å². The molecule has 2 aromatic carbocycles. The van der Waals surface area contributed by atoms with Crippen LogP contribution in [0.15, 0.2) is 66.9 Å². The van der Waals surface area contributed by atoms with Crippen molar-refractivity contribution in [2.45, 2.75) is 38.1 Å². The molecule has 0 unspecified atom stereocenters. The number of aromatic amines is 1. The average molecular weight is 689 g/mol. The Balaban J connectivity index is 0.00000468. The fourth-order valence-corrected chi connectivity index (χ4v) is 6.57. The summed E-state index contributed by atoms with van der Waals surface area (Å²) < 4.78 is 5.42. The normalized spacial score (nSPS) is 18.6. The molecule has 2 amide bonds. The first-order chi connectivity index (χ1) is 23.5. The molecule has 2 fully saturated rings. The Labute approximate surface area is 292 Å². The van der Waals surface area contributed by atoms with Gasteiger partial charge in [0.05, 0.1) is 13.2 Å². The molecule has 49 heavy (non-hydrogen) atoms. The molecule has 0 bridgehead atoms. The minimum absolute atomic E-state index is 0. The second-order valence-corrected chi connectivity index (χ2v) is 12.6. The number of pyridine rings is 1. The number of morpholine rings is 1. The highest BCUT2D eigenvalue weighted by molar-refractivity contribution is 6.01. The maximum Gasteiger partial charge on any atom is 0.240 e. The van der Waals surface area contributed by atoms with E-state index >= 15 is 0 Å². The summed E-state index contributed by atoms with van der Waals surface area (Å²) in [5, 5.41) is 17.6. The number of ether oxygens (including phenoxy) is 1. The van der Waals surface area contributed by atoms with Crippen molar-refractivity contribution in [3.05, 3.63) is 72.4 Å². The van der Waals surface area contributed by atoms with E-state index in [0.717, 1.165) is 93.1 Å². The maximum absolute atomic E-state index is 14.2. The molecule has 0 radical (unpaired) electrons. The van der Waals surface area contributed by atoms with Crippen molar-refractivity contribution < 1.29 is 14.3 Å². The molecule has 1 atom stereocenters. The van der Waals surface area contributed by atoms with Crippen molar-refractivity contribution in [3.63, 3.8) is 0 Å². The standard InChI is InChI=1S/C35H44N10O3.ClH/c36-22-25-3-7-28(8-4-25)35(47)45(30-12-9-27(10-13-30)34-40-42-43-41-34)31(33(37)46)21-24-1-5-26(6-2-24)29-11-14-32(39-23-29)38-15-16-44-17-19-48-20-18-44;/h1-2,5-6,9-14,23,25,28,31H,3-4,7-8,15-22,36H2,(H2,37,46)(H,38,39)(H,40,41,42,43);1H/t25-,28-,31-;/m0./s1. The van der Waals surface area contributed by atoms with Crippen LogP contribution in [0.1, 0.15) is 31.2 Å². The zero-order valence-corrected chi connectivity index (χ0v) is 28.4. The van der Waals surface area contributed by atoms with Crippen LogP contribution in [0.3, 0.4) is 0 Å². The van der Waals surface area contributed by atoms with Gasteiger partial charge in [-0.2, -0.15) is 5.21 Å². The number of H-pyrrole nitrogens is 1. The lowest BCUT2D eigenvalue weighted by Gasteiger charge is -2.35. The van der Waals surface area contributed by atoms with E-state index in [1.807, 2.05) is 66.9 Å². The largest absolute Gasteiger partial charge is 0.379 e. The molecule has 1 saturated carbocycles. The molecule has 260 valence electrons. The summed E-state index contributed by atoms with van der Waals surface area (Å²) in [6, 6.07) is 18.4. The van der Waals surface area contributed by atoms with E-state index in [4.69, 9.17) is 16.2 Å². The highest BCUT2D eigenvalue weighted by Crippen LogP contribution is 2.33. The summed E-state index contributed by atoms with van der Waals surface area (Å²) in [6.07, 6.45) is 5.37. The van der Waals surface area contributed by atoms with Gasteiger partial charge in [-0.15, -0.1) is 22.6 Å². The van der Waals surface area contributed by atoms with E-state index in [2.05, 4.69) is 35.8 Å². The number of tetrazole rings is 1. The number of anilines is 2. The lowest BCUT2D eigenvalue weighted by molar-refractivity contribution is -0.127. The molecule has 1 aliphatic heterocycles. The van der Waals surface area contributed by atoms with E-state index in [1.165, 1.54) is 0 Å². The zero-order valence-electron chi connectivity index (χ0n) is 27.5. The lowest BCUT2D eigenvalue weighted by Crippen LogP contribution is -2.52. The first-order valence-corrected chi connectivity index (χ1v) is 16.7. The number of hydrogen-bond acceptors (Lipinski definition) is 10. The molecule has 4 aromatic rings. The van der Waals surface area contributed by atoms with E-state index in [1.54, 1.807) is 4.90 Å². The van der Waals surface area contributed by atoms with Gasteiger partial charge in [-0.25, -0.2) is 4.98 Å². The first kappa shape index (κ1) is 35.9. The van der Waals surface area contributed by atoms with Crippen LogP contribution in [-0.4, -0.2) is 94.3 Å². The Morgan fingerprint density at radius 1 is 0.959 bits per heavy atom. The number of nitrogens with two attached hydrogens (primary N) is 2. The summed E-state index contributed by atoms with van der Waals surface area (Å²) in [7, 11) is 0. The van der Waals surface area contributed by atoms with Crippen LogP contribution in [0.25, 0.3) is 22.5 Å². The second-order valence-electron chi connectivity index (χ2n) is 12.6. The van der Waals surface area contributed by atoms with Crippen LogP contribution in [-0.2, 0) is 20.7 Å². The predicted molar refractivity (Wildman–Crippen MR) is 191 cm³/mol. The third-order valence-electron chi connectivity index (χ3n) is 9.47. The third-order valence-corrected chi connectivity index (χ3v) is 9.47. The second kappa shape index (κ2) is 17.3. The minimum Gasteiger partial charge on any atom is -0.379 e. The Morgan fingerprint density at radius 3 is 2.27 bits per heavy atom. The molecular weight excluding hydrogens is 644 g/mol. The van der Waals surface area contributed by atoms with Crippen LogP contribution in [0.4, 0.5) is 11.5 Å². The molecule has 1 aliphatic carbocycles. The Morgan fingerprint density at radius 2 is 1.65 bits per heavy atom. The van der Waals surface area contributed by atoms with E-state index < -0.39 is 11.9 Å². The molecule has 2 aliphatic rings. The molecule has 1 saturated heterocycles. The number of rotatable bonds is 13. The molecule has 3 heterocycles. The van der Waals surface area contributed by atoms with Gasteiger partial charge in [0.1, 0.15) is 11.9 Å². The number of carbonyl (C=O) groups is 2. The van der Waals surface area contributed by atoms with Gasteiger partial charge in [-0.3, -0.25) is 19.4 Å². The Kier molecular flexibility index (Phi) is 12.7. The summed E-state index contributed by atoms with van der Waals surface area (Å²) in [5.74, 6) is 0.827. The van der Waals surface area contributed by atoms with Crippen molar-refractivity contribution in [1.29, 1.82) is 0 Å². The Hall–Kier alpha value is -4.43. The fourth-order valence-electron chi connectivity index (χ4n) is 6.57. The van der Waals surface area contributed by atoms with Crippen LogP contribution in [0.5, 0.6) is 0 Å². The van der Waals surface area contributed by atoms with Gasteiger partial charge in [-0.1, -0.05) is 24.3 Å². The van der Waals surface area contributed by atoms with Gasteiger partial charge in [-0.05, 0) is 90.9 Å². The number of hydrogen-bond donors (Lipinski definition) is 4. The predicted octanol–water partition coefficient (Wildman–Crippen LogP) is 3.29. The molecular formula is C35H45ClN10O3. The quantitative estimate of drug-likeness (QED) is 0.163. The summed E-state index contributed by atoms with van der Waals surface area (Å²) >= 11 is 0. The SMILES string of the molecule is Cl.NC[C@H]1CC[C@H](C(=O)N(c2ccc(-c3nn[nH]n3)cc2)[C@@H](Cc2ccc(-c3ccc(NCCN4CCOCC4)nc3)cc2)C(N)=O)CC1. The number of carbonyl (C=O) groups excluding carboxylic acids is 2. The van der Waals surface area contributed by atoms with Crippen molar-refractivity contribution in [3.8, 4) is 22.5 Å². The Bertz CT molecular complexity index is 1610. The van der Waals surface area contributed by atoms with E-state index in [0.29, 0.717) is 24.0 Å². The molecule has 6 N–H and O–H groups in total. The number of nitrogens with zero attached hydrogens (tertiary/aromatic N) is 6. The lowest BCUT2D eigenvalue weighted by atomic mass is 9.81. The molecule has 0 spiro atoms.